The molecule has 3 heteroatoms. The van der Waals surface area contributed by atoms with E-state index in [0.29, 0.717) is 11.8 Å². The third-order valence-electron chi connectivity index (χ3n) is 2.36. The zero-order valence-electron chi connectivity index (χ0n) is 7.58. The van der Waals surface area contributed by atoms with Gasteiger partial charge in [-0.25, -0.2) is 0 Å². The molecule has 70 valence electrons. The molecule has 0 aromatic heterocycles. The van der Waals surface area contributed by atoms with Crippen LogP contribution in [0.2, 0.25) is 0 Å². The van der Waals surface area contributed by atoms with E-state index in [4.69, 9.17) is 0 Å². The predicted octanol–water partition coefficient (Wildman–Crippen LogP) is 1.63. The lowest BCUT2D eigenvalue weighted by atomic mass is 10.1. The summed E-state index contributed by atoms with van der Waals surface area (Å²) in [6.45, 7) is 0. The van der Waals surface area contributed by atoms with Crippen LogP contribution in [0.4, 0.5) is 0 Å². The zero-order valence-corrected chi connectivity index (χ0v) is 8.40. The molecule has 1 heterocycles. The van der Waals surface area contributed by atoms with E-state index >= 15 is 0 Å². The molecule has 0 spiro atoms. The first kappa shape index (κ1) is 8.91. The van der Waals surface area contributed by atoms with Crippen LogP contribution in [0.25, 0.3) is 0 Å². The third-order valence-corrected chi connectivity index (χ3v) is 3.64. The van der Waals surface area contributed by atoms with Crippen LogP contribution >= 0.6 is 11.8 Å². The number of thioether (sulfide) groups is 1. The molecule has 13 heavy (non-hydrogen) atoms. The number of fused-ring (bicyclic) bond motifs is 1. The summed E-state index contributed by atoms with van der Waals surface area (Å²) in [5, 5.41) is 12.6. The molecular weight excluding hydrogens is 182 g/mol. The summed E-state index contributed by atoms with van der Waals surface area (Å²) in [4.78, 5) is 1.31. The largest absolute Gasteiger partial charge is 0.508 e. The summed E-state index contributed by atoms with van der Waals surface area (Å²) in [5.41, 5.74) is 1.26. The average molecular weight is 195 g/mol. The number of hydrogen-bond acceptors (Lipinski definition) is 3. The minimum absolute atomic E-state index is 0.371. The first-order chi connectivity index (χ1) is 6.29. The minimum Gasteiger partial charge on any atom is -0.508 e. The lowest BCUT2D eigenvalue weighted by molar-refractivity contribution is 0.473. The van der Waals surface area contributed by atoms with E-state index in [1.54, 1.807) is 6.07 Å². The van der Waals surface area contributed by atoms with Crippen molar-refractivity contribution < 1.29 is 5.11 Å². The molecule has 0 bridgehead atoms. The van der Waals surface area contributed by atoms with E-state index in [1.807, 2.05) is 30.9 Å². The summed E-state index contributed by atoms with van der Waals surface area (Å²) in [6, 6.07) is 6.16. The highest BCUT2D eigenvalue weighted by atomic mass is 32.2. The SMILES string of the molecule is CNC1CSc2ccc(O)cc2C1. The molecule has 0 saturated carbocycles. The lowest BCUT2D eigenvalue weighted by Crippen LogP contribution is -2.32. The van der Waals surface area contributed by atoms with Gasteiger partial charge in [0.1, 0.15) is 5.75 Å². The first-order valence-corrected chi connectivity index (χ1v) is 5.40. The van der Waals surface area contributed by atoms with E-state index in [9.17, 15) is 5.11 Å². The Morgan fingerprint density at radius 1 is 1.54 bits per heavy atom. The molecular formula is C10H13NOS. The van der Waals surface area contributed by atoms with Crippen molar-refractivity contribution in [2.45, 2.75) is 17.4 Å². The molecule has 1 unspecified atom stereocenters. The Hall–Kier alpha value is -0.670. The number of aromatic hydroxyl groups is 1. The van der Waals surface area contributed by atoms with Gasteiger partial charge in [0.15, 0.2) is 0 Å². The fraction of sp³-hybridized carbons (Fsp3) is 0.400. The van der Waals surface area contributed by atoms with Crippen LogP contribution in [0.3, 0.4) is 0 Å². The molecule has 2 nitrogen and oxygen atoms in total. The third kappa shape index (κ3) is 1.81. The molecule has 2 rings (SSSR count). The summed E-state index contributed by atoms with van der Waals surface area (Å²) in [5.74, 6) is 1.49. The molecule has 0 radical (unpaired) electrons. The van der Waals surface area contributed by atoms with Gasteiger partial charge in [0, 0.05) is 16.7 Å². The maximum Gasteiger partial charge on any atom is 0.115 e. The molecule has 1 aliphatic heterocycles. The Balaban J connectivity index is 2.27. The topological polar surface area (TPSA) is 32.3 Å². The monoisotopic (exact) mass is 195 g/mol. The van der Waals surface area contributed by atoms with Crippen LogP contribution in [0.1, 0.15) is 5.56 Å². The van der Waals surface area contributed by atoms with Crippen molar-refractivity contribution in [3.8, 4) is 5.75 Å². The highest BCUT2D eigenvalue weighted by molar-refractivity contribution is 7.99. The molecule has 1 aliphatic rings. The smallest absolute Gasteiger partial charge is 0.115 e. The van der Waals surface area contributed by atoms with Crippen molar-refractivity contribution in [3.05, 3.63) is 23.8 Å². The van der Waals surface area contributed by atoms with E-state index in [-0.39, 0.29) is 0 Å². The maximum atomic E-state index is 9.32. The number of benzene rings is 1. The number of likely N-dealkylation sites (N-methyl/N-ethyl adjacent to an activating group) is 1. The molecule has 2 N–H and O–H groups in total. The van der Waals surface area contributed by atoms with E-state index in [2.05, 4.69) is 5.32 Å². The van der Waals surface area contributed by atoms with Crippen molar-refractivity contribution in [1.29, 1.82) is 0 Å². The van der Waals surface area contributed by atoms with Gasteiger partial charge in [0.25, 0.3) is 0 Å². The van der Waals surface area contributed by atoms with Gasteiger partial charge < -0.3 is 10.4 Å². The quantitative estimate of drug-likeness (QED) is 0.714. The second-order valence-corrected chi connectivity index (χ2v) is 4.35. The van der Waals surface area contributed by atoms with Crippen LogP contribution in [0, 0.1) is 0 Å². The zero-order chi connectivity index (χ0) is 9.26. The molecule has 0 fully saturated rings. The lowest BCUT2D eigenvalue weighted by Gasteiger charge is -2.23. The van der Waals surface area contributed by atoms with Gasteiger partial charge >= 0.3 is 0 Å². The van der Waals surface area contributed by atoms with Gasteiger partial charge in [-0.3, -0.25) is 0 Å². The number of phenols is 1. The number of rotatable bonds is 1. The fourth-order valence-corrected chi connectivity index (χ4v) is 2.72. The minimum atomic E-state index is 0.371. The Labute approximate surface area is 82.4 Å². The molecule has 0 aliphatic carbocycles. The van der Waals surface area contributed by atoms with Crippen LogP contribution < -0.4 is 5.32 Å². The van der Waals surface area contributed by atoms with E-state index in [1.165, 1.54) is 10.5 Å². The van der Waals surface area contributed by atoms with Gasteiger partial charge in [0.05, 0.1) is 0 Å². The normalized spacial score (nSPS) is 21.2. The molecule has 0 saturated heterocycles. The van der Waals surface area contributed by atoms with Crippen molar-refractivity contribution in [1.82, 2.24) is 5.32 Å². The second kappa shape index (κ2) is 3.60. The van der Waals surface area contributed by atoms with Crippen LogP contribution in [-0.2, 0) is 6.42 Å². The van der Waals surface area contributed by atoms with Crippen molar-refractivity contribution in [2.75, 3.05) is 12.8 Å². The molecule has 0 amide bonds. The Morgan fingerprint density at radius 2 is 2.38 bits per heavy atom. The summed E-state index contributed by atoms with van der Waals surface area (Å²) in [7, 11) is 1.99. The van der Waals surface area contributed by atoms with Gasteiger partial charge in [0.2, 0.25) is 0 Å². The van der Waals surface area contributed by atoms with Crippen LogP contribution in [-0.4, -0.2) is 23.9 Å². The van der Waals surface area contributed by atoms with Crippen LogP contribution in [0.5, 0.6) is 5.75 Å². The summed E-state index contributed by atoms with van der Waals surface area (Å²) >= 11 is 1.86. The molecule has 1 aromatic carbocycles. The first-order valence-electron chi connectivity index (χ1n) is 4.41. The fourth-order valence-electron chi connectivity index (χ4n) is 1.57. The standard InChI is InChI=1S/C10H13NOS/c1-11-8-4-7-5-9(12)2-3-10(7)13-6-8/h2-3,5,8,11-12H,4,6H2,1H3. The number of hydrogen-bond donors (Lipinski definition) is 2. The second-order valence-electron chi connectivity index (χ2n) is 3.29. The average Bonchev–Trinajstić information content (AvgIpc) is 2.16. The van der Waals surface area contributed by atoms with E-state index < -0.39 is 0 Å². The van der Waals surface area contributed by atoms with Crippen molar-refractivity contribution in [2.24, 2.45) is 0 Å². The van der Waals surface area contributed by atoms with Gasteiger partial charge in [-0.15, -0.1) is 11.8 Å². The summed E-state index contributed by atoms with van der Waals surface area (Å²) in [6.07, 6.45) is 1.02. The Bertz CT molecular complexity index is 314. The Morgan fingerprint density at radius 3 is 3.15 bits per heavy atom. The molecule has 1 aromatic rings. The maximum absolute atomic E-state index is 9.32. The predicted molar refractivity (Wildman–Crippen MR) is 55.4 cm³/mol. The number of phenolic OH excluding ortho intramolecular Hbond substituents is 1. The van der Waals surface area contributed by atoms with Crippen molar-refractivity contribution in [3.63, 3.8) is 0 Å². The highest BCUT2D eigenvalue weighted by Crippen LogP contribution is 2.32. The van der Waals surface area contributed by atoms with Gasteiger partial charge in [-0.2, -0.15) is 0 Å². The Kier molecular flexibility index (Phi) is 2.47. The number of nitrogens with one attached hydrogen (secondary N) is 1. The van der Waals surface area contributed by atoms with Crippen molar-refractivity contribution >= 4 is 11.8 Å². The van der Waals surface area contributed by atoms with E-state index in [0.717, 1.165) is 12.2 Å². The van der Waals surface area contributed by atoms with Crippen LogP contribution in [0.15, 0.2) is 23.1 Å². The summed E-state index contributed by atoms with van der Waals surface area (Å²) < 4.78 is 0. The highest BCUT2D eigenvalue weighted by Gasteiger charge is 2.17. The van der Waals surface area contributed by atoms with Gasteiger partial charge in [-0.1, -0.05) is 0 Å². The molecule has 1 atom stereocenters. The van der Waals surface area contributed by atoms with Gasteiger partial charge in [-0.05, 0) is 37.2 Å².